The van der Waals surface area contributed by atoms with Crippen molar-refractivity contribution in [2.75, 3.05) is 11.1 Å². The number of amides is 1. The van der Waals surface area contributed by atoms with E-state index in [0.717, 1.165) is 0 Å². The summed E-state index contributed by atoms with van der Waals surface area (Å²) in [6, 6.07) is 13.8. The molecule has 1 aromatic heterocycles. The van der Waals surface area contributed by atoms with Crippen molar-refractivity contribution in [3.05, 3.63) is 59.4 Å². The first-order valence-corrected chi connectivity index (χ1v) is 10.4. The molecular weight excluding hydrogens is 412 g/mol. The topological polar surface area (TPSA) is 89.3 Å². The molecule has 0 fully saturated rings. The third kappa shape index (κ3) is 5.21. The highest BCUT2D eigenvalue weighted by Gasteiger charge is 2.20. The zero-order valence-electron chi connectivity index (χ0n) is 16.0. The molecule has 3 rings (SSSR count). The van der Waals surface area contributed by atoms with E-state index in [1.165, 1.54) is 17.8 Å². The van der Waals surface area contributed by atoms with Crippen molar-refractivity contribution in [2.45, 2.75) is 31.7 Å². The third-order valence-electron chi connectivity index (χ3n) is 4.08. The number of phenolic OH excluding ortho intramolecular Hbond substituents is 1. The second-order valence-corrected chi connectivity index (χ2v) is 7.48. The van der Waals surface area contributed by atoms with E-state index in [1.807, 2.05) is 30.5 Å². The average Bonchev–Trinajstić information content (AvgIpc) is 3.13. The molecular formula is C20H21ClN4O3S. The van der Waals surface area contributed by atoms with Crippen LogP contribution in [-0.4, -0.2) is 31.5 Å². The Bertz CT molecular complexity index is 995. The lowest BCUT2D eigenvalue weighted by molar-refractivity contribution is -0.113. The van der Waals surface area contributed by atoms with Crippen molar-refractivity contribution in [3.63, 3.8) is 0 Å². The lowest BCUT2D eigenvalue weighted by Crippen LogP contribution is -2.15. The minimum atomic E-state index is -0.369. The Morgan fingerprint density at radius 3 is 2.69 bits per heavy atom. The van der Waals surface area contributed by atoms with Gasteiger partial charge < -0.3 is 19.7 Å². The highest BCUT2D eigenvalue weighted by Crippen LogP contribution is 2.29. The summed E-state index contributed by atoms with van der Waals surface area (Å²) >= 11 is 7.43. The number of para-hydroxylation sites is 3. The van der Waals surface area contributed by atoms with E-state index in [-0.39, 0.29) is 23.5 Å². The molecule has 152 valence electrons. The second kappa shape index (κ2) is 9.67. The van der Waals surface area contributed by atoms with Gasteiger partial charge in [0.15, 0.2) is 17.1 Å². The number of benzene rings is 2. The first-order valence-electron chi connectivity index (χ1n) is 9.04. The number of aromatic hydroxyl groups is 1. The standard InChI is InChI=1S/C20H21ClN4O3S/c1-3-25-19(13(2)28-17-11-7-4-8-14(17)21)23-24-20(25)29-12-18(27)22-15-9-5-6-10-16(15)26/h4-11,13,26H,3,12H2,1-2H3,(H,22,27). The quantitative estimate of drug-likeness (QED) is 0.401. The maximum absolute atomic E-state index is 12.2. The fraction of sp³-hybridized carbons (Fsp3) is 0.250. The molecule has 0 radical (unpaired) electrons. The van der Waals surface area contributed by atoms with E-state index >= 15 is 0 Å². The van der Waals surface area contributed by atoms with Crippen LogP contribution in [0.4, 0.5) is 5.69 Å². The maximum Gasteiger partial charge on any atom is 0.234 e. The number of nitrogens with zero attached hydrogens (tertiary/aromatic N) is 3. The van der Waals surface area contributed by atoms with Crippen molar-refractivity contribution >= 4 is 35.0 Å². The van der Waals surface area contributed by atoms with Gasteiger partial charge in [0.2, 0.25) is 5.91 Å². The summed E-state index contributed by atoms with van der Waals surface area (Å²) in [4.78, 5) is 12.2. The molecule has 0 aliphatic rings. The van der Waals surface area contributed by atoms with Crippen LogP contribution < -0.4 is 10.1 Å². The zero-order valence-corrected chi connectivity index (χ0v) is 17.6. The summed E-state index contributed by atoms with van der Waals surface area (Å²) in [6.45, 7) is 4.47. The van der Waals surface area contributed by atoms with E-state index in [0.29, 0.717) is 34.0 Å². The number of carbonyl (C=O) groups is 1. The molecule has 0 aliphatic heterocycles. The van der Waals surface area contributed by atoms with Crippen LogP contribution in [0.1, 0.15) is 25.8 Å². The van der Waals surface area contributed by atoms with Gasteiger partial charge in [0.1, 0.15) is 11.5 Å². The molecule has 29 heavy (non-hydrogen) atoms. The van der Waals surface area contributed by atoms with Crippen LogP contribution in [0, 0.1) is 0 Å². The number of halogens is 1. The van der Waals surface area contributed by atoms with Gasteiger partial charge in [0.05, 0.1) is 16.5 Å². The smallest absolute Gasteiger partial charge is 0.234 e. The number of carbonyl (C=O) groups excluding carboxylic acids is 1. The minimum absolute atomic E-state index is 0.0235. The maximum atomic E-state index is 12.2. The molecule has 1 amide bonds. The highest BCUT2D eigenvalue weighted by atomic mass is 35.5. The molecule has 0 bridgehead atoms. The molecule has 1 unspecified atom stereocenters. The summed E-state index contributed by atoms with van der Waals surface area (Å²) < 4.78 is 7.84. The lowest BCUT2D eigenvalue weighted by Gasteiger charge is -2.16. The molecule has 0 saturated heterocycles. The SMILES string of the molecule is CCn1c(SCC(=O)Nc2ccccc2O)nnc1C(C)Oc1ccccc1Cl. The Morgan fingerprint density at radius 1 is 1.24 bits per heavy atom. The zero-order chi connectivity index (χ0) is 20.8. The molecule has 7 nitrogen and oxygen atoms in total. The van der Waals surface area contributed by atoms with Crippen molar-refractivity contribution in [2.24, 2.45) is 0 Å². The molecule has 0 saturated carbocycles. The Morgan fingerprint density at radius 2 is 1.97 bits per heavy atom. The van der Waals surface area contributed by atoms with Gasteiger partial charge in [-0.1, -0.05) is 47.6 Å². The van der Waals surface area contributed by atoms with Crippen LogP contribution in [0.3, 0.4) is 0 Å². The van der Waals surface area contributed by atoms with Gasteiger partial charge >= 0.3 is 0 Å². The number of phenols is 1. The van der Waals surface area contributed by atoms with Crippen LogP contribution in [-0.2, 0) is 11.3 Å². The molecule has 9 heteroatoms. The van der Waals surface area contributed by atoms with Gasteiger partial charge in [-0.25, -0.2) is 0 Å². The van der Waals surface area contributed by atoms with Gasteiger partial charge in [-0.3, -0.25) is 4.79 Å². The fourth-order valence-corrected chi connectivity index (χ4v) is 3.67. The largest absolute Gasteiger partial charge is 0.506 e. The highest BCUT2D eigenvalue weighted by molar-refractivity contribution is 7.99. The van der Waals surface area contributed by atoms with Crippen LogP contribution in [0.5, 0.6) is 11.5 Å². The molecule has 3 aromatic rings. The van der Waals surface area contributed by atoms with Crippen molar-refractivity contribution in [3.8, 4) is 11.5 Å². The van der Waals surface area contributed by atoms with E-state index in [1.54, 1.807) is 30.3 Å². The van der Waals surface area contributed by atoms with E-state index in [4.69, 9.17) is 16.3 Å². The van der Waals surface area contributed by atoms with Crippen LogP contribution in [0.15, 0.2) is 53.7 Å². The molecule has 2 N–H and O–H groups in total. The van der Waals surface area contributed by atoms with E-state index in [9.17, 15) is 9.90 Å². The predicted molar refractivity (Wildman–Crippen MR) is 114 cm³/mol. The van der Waals surface area contributed by atoms with Crippen LogP contribution in [0.2, 0.25) is 5.02 Å². The van der Waals surface area contributed by atoms with Crippen LogP contribution in [0.25, 0.3) is 0 Å². The first-order chi connectivity index (χ1) is 14.0. The van der Waals surface area contributed by atoms with Gasteiger partial charge in [0, 0.05) is 6.54 Å². The monoisotopic (exact) mass is 432 g/mol. The summed E-state index contributed by atoms with van der Waals surface area (Å²) in [5.74, 6) is 1.13. The Balaban J connectivity index is 1.65. The van der Waals surface area contributed by atoms with Crippen molar-refractivity contribution < 1.29 is 14.6 Å². The first kappa shape index (κ1) is 21.0. The molecule has 1 heterocycles. The van der Waals surface area contributed by atoms with Crippen molar-refractivity contribution in [1.82, 2.24) is 14.8 Å². The van der Waals surface area contributed by atoms with Gasteiger partial charge in [-0.15, -0.1) is 10.2 Å². The number of anilines is 1. The van der Waals surface area contributed by atoms with Gasteiger partial charge in [-0.05, 0) is 38.1 Å². The summed E-state index contributed by atoms with van der Waals surface area (Å²) in [7, 11) is 0. The van der Waals surface area contributed by atoms with Crippen molar-refractivity contribution in [1.29, 1.82) is 0 Å². The van der Waals surface area contributed by atoms with Gasteiger partial charge in [0.25, 0.3) is 0 Å². The van der Waals surface area contributed by atoms with E-state index in [2.05, 4.69) is 15.5 Å². The number of aromatic nitrogens is 3. The molecule has 0 spiro atoms. The number of hydrogen-bond donors (Lipinski definition) is 2. The Kier molecular flexibility index (Phi) is 7.00. The second-order valence-electron chi connectivity index (χ2n) is 6.13. The number of nitrogens with one attached hydrogen (secondary N) is 1. The molecule has 0 aliphatic carbocycles. The Labute approximate surface area is 178 Å². The van der Waals surface area contributed by atoms with E-state index < -0.39 is 0 Å². The number of thioether (sulfide) groups is 1. The lowest BCUT2D eigenvalue weighted by atomic mass is 10.3. The fourth-order valence-electron chi connectivity index (χ4n) is 2.68. The minimum Gasteiger partial charge on any atom is -0.506 e. The van der Waals surface area contributed by atoms with Gasteiger partial charge in [-0.2, -0.15) is 0 Å². The van der Waals surface area contributed by atoms with Crippen LogP contribution >= 0.6 is 23.4 Å². The normalized spacial score (nSPS) is 11.8. The molecule has 2 aromatic carbocycles. The Hall–Kier alpha value is -2.71. The number of rotatable bonds is 8. The predicted octanol–water partition coefficient (Wildman–Crippen LogP) is 4.53. The summed E-state index contributed by atoms with van der Waals surface area (Å²) in [5.41, 5.74) is 0.373. The molecule has 1 atom stereocenters. The summed E-state index contributed by atoms with van der Waals surface area (Å²) in [6.07, 6.45) is -0.369. The average molecular weight is 433 g/mol. The number of ether oxygens (including phenoxy) is 1. The third-order valence-corrected chi connectivity index (χ3v) is 5.36. The summed E-state index contributed by atoms with van der Waals surface area (Å²) in [5, 5.41) is 22.0. The number of hydrogen-bond acceptors (Lipinski definition) is 6.